The van der Waals surface area contributed by atoms with E-state index in [0.29, 0.717) is 6.04 Å². The number of hydrogen-bond acceptors (Lipinski definition) is 3. The van der Waals surface area contributed by atoms with Crippen molar-refractivity contribution >= 4 is 11.3 Å². The maximum atomic E-state index is 5.56. The summed E-state index contributed by atoms with van der Waals surface area (Å²) in [6.07, 6.45) is 4.95. The van der Waals surface area contributed by atoms with Crippen molar-refractivity contribution < 1.29 is 0 Å². The van der Waals surface area contributed by atoms with Crippen LogP contribution in [0.1, 0.15) is 29.5 Å². The van der Waals surface area contributed by atoms with Gasteiger partial charge >= 0.3 is 0 Å². The Hall–Kier alpha value is -0.380. The van der Waals surface area contributed by atoms with Crippen LogP contribution >= 0.6 is 11.3 Å². The van der Waals surface area contributed by atoms with Gasteiger partial charge in [0.2, 0.25) is 0 Å². The zero-order valence-electron chi connectivity index (χ0n) is 8.62. The van der Waals surface area contributed by atoms with Gasteiger partial charge in [-0.2, -0.15) is 0 Å². The molecule has 1 saturated carbocycles. The van der Waals surface area contributed by atoms with Gasteiger partial charge in [-0.15, -0.1) is 11.3 Å². The van der Waals surface area contributed by atoms with Crippen LogP contribution in [0.3, 0.4) is 0 Å². The predicted octanol–water partition coefficient (Wildman–Crippen LogP) is 2.09. The first kappa shape index (κ1) is 10.1. The van der Waals surface area contributed by atoms with Crippen LogP contribution in [0.25, 0.3) is 0 Å². The molecular weight excluding hydrogens is 192 g/mol. The molecule has 1 fully saturated rings. The van der Waals surface area contributed by atoms with Gasteiger partial charge in [0.1, 0.15) is 0 Å². The summed E-state index contributed by atoms with van der Waals surface area (Å²) in [6, 6.07) is 4.98. The molecule has 0 aliphatic heterocycles. The molecule has 2 rings (SSSR count). The molecule has 0 bridgehead atoms. The molecule has 1 aliphatic carbocycles. The topological polar surface area (TPSA) is 38.0 Å². The summed E-state index contributed by atoms with van der Waals surface area (Å²) < 4.78 is 0. The fraction of sp³-hybridized carbons (Fsp3) is 0.636. The molecule has 1 aliphatic rings. The average Bonchev–Trinajstić information content (AvgIpc) is 2.95. The van der Waals surface area contributed by atoms with Crippen molar-refractivity contribution in [2.75, 3.05) is 0 Å². The first-order valence-corrected chi connectivity index (χ1v) is 6.19. The number of hydrogen-bond donors (Lipinski definition) is 2. The molecule has 14 heavy (non-hydrogen) atoms. The van der Waals surface area contributed by atoms with Crippen molar-refractivity contribution in [3.8, 4) is 0 Å². The summed E-state index contributed by atoms with van der Waals surface area (Å²) in [5.74, 6) is 6.38. The first-order chi connectivity index (χ1) is 6.83. The van der Waals surface area contributed by atoms with Crippen LogP contribution in [0, 0.1) is 5.92 Å². The van der Waals surface area contributed by atoms with Crippen LogP contribution in [0.2, 0.25) is 0 Å². The van der Waals surface area contributed by atoms with Crippen molar-refractivity contribution in [1.29, 1.82) is 0 Å². The molecule has 1 unspecified atom stereocenters. The Morgan fingerprint density at radius 3 is 2.71 bits per heavy atom. The predicted molar refractivity (Wildman–Crippen MR) is 61.2 cm³/mol. The minimum Gasteiger partial charge on any atom is -0.271 e. The average molecular weight is 210 g/mol. The van der Waals surface area contributed by atoms with Gasteiger partial charge in [0.15, 0.2) is 0 Å². The Morgan fingerprint density at radius 2 is 2.21 bits per heavy atom. The fourth-order valence-corrected chi connectivity index (χ4v) is 2.82. The minimum absolute atomic E-state index is 0.498. The molecule has 2 nitrogen and oxygen atoms in total. The Bertz CT molecular complexity index is 291. The number of rotatable bonds is 5. The van der Waals surface area contributed by atoms with Crippen LogP contribution in [0.5, 0.6) is 0 Å². The number of nitrogens with one attached hydrogen (secondary N) is 1. The van der Waals surface area contributed by atoms with Crippen molar-refractivity contribution in [3.63, 3.8) is 0 Å². The zero-order chi connectivity index (χ0) is 9.97. The summed E-state index contributed by atoms with van der Waals surface area (Å²) in [5.41, 5.74) is 2.95. The lowest BCUT2D eigenvalue weighted by Crippen LogP contribution is -2.38. The highest BCUT2D eigenvalue weighted by molar-refractivity contribution is 7.11. The van der Waals surface area contributed by atoms with Crippen LogP contribution < -0.4 is 11.3 Å². The van der Waals surface area contributed by atoms with Crippen molar-refractivity contribution in [1.82, 2.24) is 5.43 Å². The molecule has 0 spiro atoms. The Morgan fingerprint density at radius 1 is 1.50 bits per heavy atom. The molecule has 0 amide bonds. The van der Waals surface area contributed by atoms with Crippen molar-refractivity contribution in [2.24, 2.45) is 11.8 Å². The molecule has 0 radical (unpaired) electrons. The monoisotopic (exact) mass is 210 g/mol. The van der Waals surface area contributed by atoms with Crippen molar-refractivity contribution in [3.05, 3.63) is 21.9 Å². The number of nitrogens with two attached hydrogens (primary N) is 1. The standard InChI is InChI=1S/C11H18N2S/c1-2-9-5-6-10(14-9)7-11(13-12)8-3-4-8/h5-6,8,11,13H,2-4,7,12H2,1H3. The van der Waals surface area contributed by atoms with Gasteiger partial charge in [0.25, 0.3) is 0 Å². The van der Waals surface area contributed by atoms with E-state index >= 15 is 0 Å². The molecule has 1 atom stereocenters. The van der Waals surface area contributed by atoms with Gasteiger partial charge in [0.05, 0.1) is 0 Å². The van der Waals surface area contributed by atoms with Gasteiger partial charge in [-0.3, -0.25) is 11.3 Å². The van der Waals surface area contributed by atoms with E-state index in [-0.39, 0.29) is 0 Å². The molecule has 0 saturated heterocycles. The van der Waals surface area contributed by atoms with Crippen LogP contribution in [0.15, 0.2) is 12.1 Å². The van der Waals surface area contributed by atoms with E-state index in [9.17, 15) is 0 Å². The van der Waals surface area contributed by atoms with Gasteiger partial charge < -0.3 is 0 Å². The van der Waals surface area contributed by atoms with E-state index in [0.717, 1.165) is 18.8 Å². The van der Waals surface area contributed by atoms with E-state index in [1.807, 2.05) is 11.3 Å². The van der Waals surface area contributed by atoms with E-state index in [2.05, 4.69) is 24.5 Å². The second-order valence-electron chi connectivity index (χ2n) is 4.04. The number of hydrazine groups is 1. The normalized spacial score (nSPS) is 18.4. The molecule has 3 heteroatoms. The van der Waals surface area contributed by atoms with E-state index in [1.54, 1.807) is 0 Å². The summed E-state index contributed by atoms with van der Waals surface area (Å²) in [4.78, 5) is 2.95. The molecule has 3 N–H and O–H groups in total. The third kappa shape index (κ3) is 2.35. The third-order valence-corrected chi connectivity index (χ3v) is 4.14. The highest BCUT2D eigenvalue weighted by atomic mass is 32.1. The maximum absolute atomic E-state index is 5.56. The number of thiophene rings is 1. The molecule has 78 valence electrons. The Labute approximate surface area is 89.5 Å². The fourth-order valence-electron chi connectivity index (χ4n) is 1.80. The lowest BCUT2D eigenvalue weighted by molar-refractivity contribution is 0.475. The quantitative estimate of drug-likeness (QED) is 0.577. The number of aryl methyl sites for hydroxylation is 1. The summed E-state index contributed by atoms with van der Waals surface area (Å²) in [7, 11) is 0. The van der Waals surface area contributed by atoms with Gasteiger partial charge in [-0.05, 0) is 43.7 Å². The molecule has 0 aromatic carbocycles. The molecule has 1 heterocycles. The SMILES string of the molecule is CCc1ccc(CC(NN)C2CC2)s1. The van der Waals surface area contributed by atoms with Crippen LogP contribution in [-0.2, 0) is 12.8 Å². The van der Waals surface area contributed by atoms with E-state index < -0.39 is 0 Å². The smallest absolute Gasteiger partial charge is 0.0287 e. The third-order valence-electron chi connectivity index (χ3n) is 2.89. The lowest BCUT2D eigenvalue weighted by atomic mass is 10.1. The maximum Gasteiger partial charge on any atom is 0.0287 e. The Kier molecular flexibility index (Phi) is 3.21. The molecule has 1 aromatic heterocycles. The lowest BCUT2D eigenvalue weighted by Gasteiger charge is -2.13. The highest BCUT2D eigenvalue weighted by Crippen LogP contribution is 2.34. The van der Waals surface area contributed by atoms with Crippen LogP contribution in [-0.4, -0.2) is 6.04 Å². The molecular formula is C11H18N2S. The van der Waals surface area contributed by atoms with Gasteiger partial charge in [-0.1, -0.05) is 6.92 Å². The molecule has 1 aromatic rings. The highest BCUT2D eigenvalue weighted by Gasteiger charge is 2.30. The van der Waals surface area contributed by atoms with Crippen LogP contribution in [0.4, 0.5) is 0 Å². The second kappa shape index (κ2) is 4.43. The van der Waals surface area contributed by atoms with Crippen molar-refractivity contribution in [2.45, 2.75) is 38.6 Å². The van der Waals surface area contributed by atoms with E-state index in [4.69, 9.17) is 5.84 Å². The first-order valence-electron chi connectivity index (χ1n) is 5.37. The largest absolute Gasteiger partial charge is 0.271 e. The summed E-state index contributed by atoms with van der Waals surface area (Å²) in [5, 5.41) is 0. The van der Waals surface area contributed by atoms with Gasteiger partial charge in [-0.25, -0.2) is 0 Å². The Balaban J connectivity index is 1.94. The summed E-state index contributed by atoms with van der Waals surface area (Å²) in [6.45, 7) is 2.20. The minimum atomic E-state index is 0.498. The van der Waals surface area contributed by atoms with Gasteiger partial charge in [0, 0.05) is 15.8 Å². The summed E-state index contributed by atoms with van der Waals surface area (Å²) >= 11 is 1.93. The zero-order valence-corrected chi connectivity index (χ0v) is 9.44. The second-order valence-corrected chi connectivity index (χ2v) is 5.29. The van der Waals surface area contributed by atoms with E-state index in [1.165, 1.54) is 22.6 Å².